The number of hydrogen-bond donors (Lipinski definition) is 1. The Morgan fingerprint density at radius 1 is 1.30 bits per heavy atom. The van der Waals surface area contributed by atoms with Gasteiger partial charge in [-0.25, -0.2) is 0 Å². The van der Waals surface area contributed by atoms with E-state index in [1.165, 1.54) is 4.90 Å². The molecule has 0 aliphatic rings. The second-order valence-electron chi connectivity index (χ2n) is 4.48. The largest absolute Gasteiger partial charge is 0.397 e. The third-order valence-corrected chi connectivity index (χ3v) is 4.06. The van der Waals surface area contributed by atoms with Gasteiger partial charge in [-0.1, -0.05) is 33.6 Å². The second-order valence-corrected chi connectivity index (χ2v) is 5.80. The molecule has 0 aromatic heterocycles. The molecule has 3 nitrogen and oxygen atoms in total. The van der Waals surface area contributed by atoms with Crippen LogP contribution < -0.4 is 10.6 Å². The molecule has 0 saturated heterocycles. The first-order valence-corrected chi connectivity index (χ1v) is 7.17. The maximum atomic E-state index is 12.6. The van der Waals surface area contributed by atoms with Crippen molar-refractivity contribution in [3.8, 4) is 0 Å². The average molecular weight is 354 g/mol. The Kier molecular flexibility index (Phi) is 4.35. The summed E-state index contributed by atoms with van der Waals surface area (Å²) < 4.78 is 0.874. The van der Waals surface area contributed by atoms with Crippen LogP contribution in [-0.4, -0.2) is 13.0 Å². The predicted octanol–water partition coefficient (Wildman–Crippen LogP) is 4.27. The van der Waals surface area contributed by atoms with Crippen molar-refractivity contribution < 1.29 is 4.79 Å². The number of amides is 1. The summed E-state index contributed by atoms with van der Waals surface area (Å²) in [4.78, 5) is 14.1. The molecular weight excluding hydrogens is 340 g/mol. The first-order chi connectivity index (χ1) is 9.41. The molecule has 2 N–H and O–H groups in total. The SMILES string of the molecule is Cc1c(Cl)cccc1C(=O)N(C)c1ccc(Br)cc1N. The molecule has 0 spiro atoms. The lowest BCUT2D eigenvalue weighted by Gasteiger charge is -2.20. The quantitative estimate of drug-likeness (QED) is 0.820. The van der Waals surface area contributed by atoms with Crippen LogP contribution in [-0.2, 0) is 0 Å². The van der Waals surface area contributed by atoms with Crippen LogP contribution in [0, 0.1) is 6.92 Å². The lowest BCUT2D eigenvalue weighted by Crippen LogP contribution is -2.27. The zero-order valence-corrected chi connectivity index (χ0v) is 13.5. The van der Waals surface area contributed by atoms with Gasteiger partial charge >= 0.3 is 0 Å². The van der Waals surface area contributed by atoms with Gasteiger partial charge in [0, 0.05) is 22.1 Å². The van der Waals surface area contributed by atoms with Crippen molar-refractivity contribution in [3.63, 3.8) is 0 Å². The monoisotopic (exact) mass is 352 g/mol. The molecule has 20 heavy (non-hydrogen) atoms. The van der Waals surface area contributed by atoms with Crippen LogP contribution in [0.5, 0.6) is 0 Å². The lowest BCUT2D eigenvalue weighted by atomic mass is 10.1. The Labute approximate surface area is 131 Å². The molecule has 0 saturated carbocycles. The number of nitrogens with zero attached hydrogens (tertiary/aromatic N) is 1. The zero-order valence-electron chi connectivity index (χ0n) is 11.2. The van der Waals surface area contributed by atoms with Gasteiger partial charge in [-0.05, 0) is 42.8 Å². The smallest absolute Gasteiger partial charge is 0.258 e. The van der Waals surface area contributed by atoms with Gasteiger partial charge < -0.3 is 10.6 Å². The second kappa shape index (κ2) is 5.85. The summed E-state index contributed by atoms with van der Waals surface area (Å²) in [7, 11) is 1.70. The zero-order chi connectivity index (χ0) is 14.9. The molecule has 0 aliphatic heterocycles. The molecule has 0 fully saturated rings. The van der Waals surface area contributed by atoms with Gasteiger partial charge in [-0.15, -0.1) is 0 Å². The molecule has 1 amide bonds. The summed E-state index contributed by atoms with van der Waals surface area (Å²) in [5, 5.41) is 0.577. The minimum absolute atomic E-state index is 0.140. The molecular formula is C15H14BrClN2O. The fourth-order valence-corrected chi connectivity index (χ4v) is 2.51. The number of halogens is 2. The van der Waals surface area contributed by atoms with E-state index in [0.29, 0.717) is 22.0 Å². The maximum absolute atomic E-state index is 12.6. The van der Waals surface area contributed by atoms with Gasteiger partial charge in [0.05, 0.1) is 11.4 Å². The van der Waals surface area contributed by atoms with Crippen LogP contribution in [0.2, 0.25) is 5.02 Å². The lowest BCUT2D eigenvalue weighted by molar-refractivity contribution is 0.0992. The Morgan fingerprint density at radius 3 is 2.65 bits per heavy atom. The van der Waals surface area contributed by atoms with Crippen molar-refractivity contribution in [2.75, 3.05) is 17.7 Å². The standard InChI is InChI=1S/C15H14BrClN2O/c1-9-11(4-3-5-12(9)17)15(20)19(2)14-7-6-10(16)8-13(14)18/h3-8H,18H2,1-2H3. The summed E-state index contributed by atoms with van der Waals surface area (Å²) >= 11 is 9.41. The van der Waals surface area contributed by atoms with Gasteiger partial charge in [-0.3, -0.25) is 4.79 Å². The molecule has 2 aromatic carbocycles. The Hall–Kier alpha value is -1.52. The van der Waals surface area contributed by atoms with Crippen LogP contribution >= 0.6 is 27.5 Å². The fraction of sp³-hybridized carbons (Fsp3) is 0.133. The van der Waals surface area contributed by atoms with Crippen LogP contribution in [0.15, 0.2) is 40.9 Å². The number of hydrogen-bond acceptors (Lipinski definition) is 2. The van der Waals surface area contributed by atoms with Gasteiger partial charge in [0.1, 0.15) is 0 Å². The average Bonchev–Trinajstić information content (AvgIpc) is 2.40. The van der Waals surface area contributed by atoms with E-state index >= 15 is 0 Å². The van der Waals surface area contributed by atoms with E-state index in [1.807, 2.05) is 13.0 Å². The topological polar surface area (TPSA) is 46.3 Å². The van der Waals surface area contributed by atoms with Crippen molar-refractivity contribution in [1.29, 1.82) is 0 Å². The molecule has 2 rings (SSSR count). The number of carbonyl (C=O) groups is 1. The number of nitrogens with two attached hydrogens (primary N) is 1. The van der Waals surface area contributed by atoms with Crippen LogP contribution in [0.4, 0.5) is 11.4 Å². The molecule has 5 heteroatoms. The summed E-state index contributed by atoms with van der Waals surface area (Å²) in [6.45, 7) is 1.83. The normalized spacial score (nSPS) is 10.4. The number of nitrogen functional groups attached to an aromatic ring is 1. The van der Waals surface area contributed by atoms with E-state index in [2.05, 4.69) is 15.9 Å². The Bertz CT molecular complexity index is 673. The van der Waals surface area contributed by atoms with Crippen LogP contribution in [0.3, 0.4) is 0 Å². The first-order valence-electron chi connectivity index (χ1n) is 6.00. The summed E-state index contributed by atoms with van der Waals surface area (Å²) in [6.07, 6.45) is 0. The van der Waals surface area contributed by atoms with E-state index in [-0.39, 0.29) is 5.91 Å². The number of rotatable bonds is 2. The van der Waals surface area contributed by atoms with Crippen molar-refractivity contribution in [2.45, 2.75) is 6.92 Å². The fourth-order valence-electron chi connectivity index (χ4n) is 1.96. The van der Waals surface area contributed by atoms with Gasteiger partial charge in [0.2, 0.25) is 0 Å². The number of carbonyl (C=O) groups excluding carboxylic acids is 1. The van der Waals surface area contributed by atoms with Crippen molar-refractivity contribution in [2.24, 2.45) is 0 Å². The minimum Gasteiger partial charge on any atom is -0.397 e. The maximum Gasteiger partial charge on any atom is 0.258 e. The summed E-state index contributed by atoms with van der Waals surface area (Å²) in [6, 6.07) is 10.7. The Balaban J connectivity index is 2.40. The summed E-state index contributed by atoms with van der Waals surface area (Å²) in [5.41, 5.74) is 8.49. The molecule has 0 radical (unpaired) electrons. The van der Waals surface area contributed by atoms with Crippen molar-refractivity contribution in [3.05, 3.63) is 57.0 Å². The molecule has 0 unspecified atom stereocenters. The van der Waals surface area contributed by atoms with E-state index in [1.54, 1.807) is 37.4 Å². The van der Waals surface area contributed by atoms with Gasteiger partial charge in [-0.2, -0.15) is 0 Å². The van der Waals surface area contributed by atoms with Crippen molar-refractivity contribution in [1.82, 2.24) is 0 Å². The minimum atomic E-state index is -0.140. The first kappa shape index (κ1) is 14.9. The van der Waals surface area contributed by atoms with E-state index < -0.39 is 0 Å². The predicted molar refractivity (Wildman–Crippen MR) is 87.5 cm³/mol. The molecule has 0 aliphatic carbocycles. The number of anilines is 2. The highest BCUT2D eigenvalue weighted by Crippen LogP contribution is 2.28. The highest BCUT2D eigenvalue weighted by molar-refractivity contribution is 9.10. The third kappa shape index (κ3) is 2.81. The van der Waals surface area contributed by atoms with Crippen LogP contribution in [0.25, 0.3) is 0 Å². The highest BCUT2D eigenvalue weighted by atomic mass is 79.9. The van der Waals surface area contributed by atoms with E-state index in [4.69, 9.17) is 17.3 Å². The third-order valence-electron chi connectivity index (χ3n) is 3.15. The molecule has 104 valence electrons. The summed E-state index contributed by atoms with van der Waals surface area (Å²) in [5.74, 6) is -0.140. The number of benzene rings is 2. The molecule has 2 aromatic rings. The molecule has 0 heterocycles. The molecule has 0 bridgehead atoms. The van der Waals surface area contributed by atoms with Crippen molar-refractivity contribution >= 4 is 44.8 Å². The molecule has 0 atom stereocenters. The van der Waals surface area contributed by atoms with Gasteiger partial charge in [0.15, 0.2) is 0 Å². The van der Waals surface area contributed by atoms with E-state index in [9.17, 15) is 4.79 Å². The Morgan fingerprint density at radius 2 is 2.00 bits per heavy atom. The van der Waals surface area contributed by atoms with Gasteiger partial charge in [0.25, 0.3) is 5.91 Å². The highest BCUT2D eigenvalue weighted by Gasteiger charge is 2.18. The van der Waals surface area contributed by atoms with E-state index in [0.717, 1.165) is 10.0 Å². The van der Waals surface area contributed by atoms with Crippen LogP contribution in [0.1, 0.15) is 15.9 Å².